The first-order chi connectivity index (χ1) is 14.7. The van der Waals surface area contributed by atoms with Gasteiger partial charge in [-0.2, -0.15) is 0 Å². The highest BCUT2D eigenvalue weighted by atomic mass is 16.5. The molecule has 1 aliphatic heterocycles. The molecular formula is C22H28N6O2. The van der Waals surface area contributed by atoms with E-state index in [0.717, 1.165) is 61.2 Å². The van der Waals surface area contributed by atoms with Crippen LogP contribution in [0.5, 0.6) is 5.75 Å². The van der Waals surface area contributed by atoms with Gasteiger partial charge in [0, 0.05) is 16.5 Å². The van der Waals surface area contributed by atoms with Crippen LogP contribution in [0.1, 0.15) is 68.4 Å². The maximum atomic E-state index is 13.2. The van der Waals surface area contributed by atoms with Crippen LogP contribution in [0.4, 0.5) is 0 Å². The van der Waals surface area contributed by atoms with E-state index in [9.17, 15) is 4.79 Å². The van der Waals surface area contributed by atoms with Crippen LogP contribution in [0, 0.1) is 0 Å². The summed E-state index contributed by atoms with van der Waals surface area (Å²) >= 11 is 0. The predicted molar refractivity (Wildman–Crippen MR) is 114 cm³/mol. The Morgan fingerprint density at radius 3 is 2.67 bits per heavy atom. The lowest BCUT2D eigenvalue weighted by atomic mass is 9.95. The quantitative estimate of drug-likeness (QED) is 0.697. The number of hydrogen-bond donors (Lipinski definition) is 1. The number of nitrogens with one attached hydrogen (secondary N) is 1. The number of nitrogens with zero attached hydrogens (tertiary/aromatic N) is 5. The number of pyridine rings is 1. The number of aromatic nitrogens is 5. The summed E-state index contributed by atoms with van der Waals surface area (Å²) in [7, 11) is 1.65. The smallest absolute Gasteiger partial charge is 0.253 e. The Morgan fingerprint density at radius 1 is 1.10 bits per heavy atom. The number of hydrogen-bond acceptors (Lipinski definition) is 6. The van der Waals surface area contributed by atoms with E-state index < -0.39 is 0 Å². The number of rotatable bonds is 5. The third-order valence-electron chi connectivity index (χ3n) is 6.56. The molecule has 1 saturated carbocycles. The van der Waals surface area contributed by atoms with Gasteiger partial charge < -0.3 is 9.72 Å². The summed E-state index contributed by atoms with van der Waals surface area (Å²) in [5, 5.41) is 13.8. The number of H-pyrrole nitrogens is 1. The molecule has 1 aliphatic carbocycles. The molecular weight excluding hydrogens is 380 g/mol. The molecule has 1 aromatic carbocycles. The van der Waals surface area contributed by atoms with Gasteiger partial charge in [-0.3, -0.25) is 9.69 Å². The molecule has 8 heteroatoms. The van der Waals surface area contributed by atoms with Gasteiger partial charge in [0.05, 0.1) is 13.2 Å². The Hall–Kier alpha value is -2.74. The summed E-state index contributed by atoms with van der Waals surface area (Å²) in [6, 6.07) is 7.76. The van der Waals surface area contributed by atoms with Gasteiger partial charge >= 0.3 is 0 Å². The average Bonchev–Trinajstić information content (AvgIpc) is 3.48. The number of methoxy groups -OCH3 is 1. The molecule has 2 fully saturated rings. The molecule has 1 saturated heterocycles. The first kappa shape index (κ1) is 19.2. The topological polar surface area (TPSA) is 88.9 Å². The first-order valence-corrected chi connectivity index (χ1v) is 11.0. The van der Waals surface area contributed by atoms with Crippen LogP contribution >= 0.6 is 0 Å². The highest BCUT2D eigenvalue weighted by molar-refractivity contribution is 5.80. The summed E-state index contributed by atoms with van der Waals surface area (Å²) < 4.78 is 7.38. The third-order valence-corrected chi connectivity index (χ3v) is 6.56. The van der Waals surface area contributed by atoms with Gasteiger partial charge in [-0.1, -0.05) is 19.3 Å². The van der Waals surface area contributed by atoms with E-state index in [4.69, 9.17) is 4.74 Å². The van der Waals surface area contributed by atoms with Crippen LogP contribution in [0.3, 0.4) is 0 Å². The molecule has 5 rings (SSSR count). The molecule has 3 heterocycles. The van der Waals surface area contributed by atoms with Gasteiger partial charge in [0.2, 0.25) is 0 Å². The zero-order valence-electron chi connectivity index (χ0n) is 17.4. The second kappa shape index (κ2) is 8.18. The Kier molecular flexibility index (Phi) is 5.25. The number of tetrazole rings is 1. The fourth-order valence-electron chi connectivity index (χ4n) is 5.00. The first-order valence-electron chi connectivity index (χ1n) is 11.0. The molecule has 0 amide bonds. The van der Waals surface area contributed by atoms with Crippen molar-refractivity contribution < 1.29 is 4.74 Å². The molecule has 0 radical (unpaired) electrons. The van der Waals surface area contributed by atoms with Gasteiger partial charge in [0.15, 0.2) is 5.82 Å². The lowest BCUT2D eigenvalue weighted by Crippen LogP contribution is -2.34. The van der Waals surface area contributed by atoms with E-state index in [1.165, 1.54) is 19.3 Å². The van der Waals surface area contributed by atoms with Gasteiger partial charge in [-0.15, -0.1) is 5.10 Å². The number of benzene rings is 1. The minimum atomic E-state index is -0.247. The van der Waals surface area contributed by atoms with Crippen LogP contribution in [0.25, 0.3) is 10.9 Å². The minimum Gasteiger partial charge on any atom is -0.497 e. The average molecular weight is 409 g/mol. The fourth-order valence-corrected chi connectivity index (χ4v) is 5.00. The Bertz CT molecular complexity index is 1080. The minimum absolute atomic E-state index is 0.0808. The predicted octanol–water partition coefficient (Wildman–Crippen LogP) is 3.21. The summed E-state index contributed by atoms with van der Waals surface area (Å²) in [5.74, 6) is 1.56. The molecule has 1 unspecified atom stereocenters. The van der Waals surface area contributed by atoms with Crippen molar-refractivity contribution in [3.05, 3.63) is 46.0 Å². The molecule has 1 N–H and O–H groups in total. The highest BCUT2D eigenvalue weighted by Gasteiger charge is 2.33. The van der Waals surface area contributed by atoms with E-state index >= 15 is 0 Å². The van der Waals surface area contributed by atoms with Gasteiger partial charge in [-0.25, -0.2) is 4.68 Å². The number of ether oxygens (including phenoxy) is 1. The molecule has 2 aliphatic rings. The van der Waals surface area contributed by atoms with Gasteiger partial charge in [0.1, 0.15) is 11.8 Å². The molecule has 0 spiro atoms. The zero-order valence-corrected chi connectivity index (χ0v) is 17.4. The Morgan fingerprint density at radius 2 is 1.90 bits per heavy atom. The molecule has 8 nitrogen and oxygen atoms in total. The molecule has 1 atom stereocenters. The zero-order chi connectivity index (χ0) is 20.5. The van der Waals surface area contributed by atoms with E-state index in [1.54, 1.807) is 7.11 Å². The molecule has 30 heavy (non-hydrogen) atoms. The van der Waals surface area contributed by atoms with E-state index in [1.807, 2.05) is 28.9 Å². The largest absolute Gasteiger partial charge is 0.497 e. The van der Waals surface area contributed by atoms with Crippen LogP contribution < -0.4 is 10.3 Å². The van der Waals surface area contributed by atoms with Crippen molar-refractivity contribution in [1.82, 2.24) is 30.1 Å². The summed E-state index contributed by atoms with van der Waals surface area (Å²) in [5.41, 5.74) is 1.42. The standard InChI is InChI=1S/C22H28N6O2/c1-30-17-9-10-19-15(13-17)14-18(22(29)23-19)20(27-11-5-6-12-27)21-24-25-26-28(21)16-7-3-2-4-8-16/h9-10,13-14,16,20H,2-8,11-12H2,1H3,(H,23,29). The number of aromatic amines is 1. The van der Waals surface area contributed by atoms with Crippen molar-refractivity contribution in [3.63, 3.8) is 0 Å². The maximum absolute atomic E-state index is 13.2. The van der Waals surface area contributed by atoms with Gasteiger partial charge in [-0.05, 0) is 73.5 Å². The van der Waals surface area contributed by atoms with Crippen molar-refractivity contribution >= 4 is 10.9 Å². The fraction of sp³-hybridized carbons (Fsp3) is 0.545. The molecule has 2 aromatic heterocycles. The Labute approximate surface area is 175 Å². The summed E-state index contributed by atoms with van der Waals surface area (Å²) in [6.07, 6.45) is 8.12. The Balaban J connectivity index is 1.63. The number of fused-ring (bicyclic) bond motifs is 1. The van der Waals surface area contributed by atoms with E-state index in [0.29, 0.717) is 11.6 Å². The van der Waals surface area contributed by atoms with Gasteiger partial charge in [0.25, 0.3) is 5.56 Å². The maximum Gasteiger partial charge on any atom is 0.253 e. The molecule has 3 aromatic rings. The van der Waals surface area contributed by atoms with Crippen LogP contribution in [0.15, 0.2) is 29.1 Å². The second-order valence-electron chi connectivity index (χ2n) is 8.43. The lowest BCUT2D eigenvalue weighted by Gasteiger charge is -2.29. The second-order valence-corrected chi connectivity index (χ2v) is 8.43. The van der Waals surface area contributed by atoms with Crippen LogP contribution in [0.2, 0.25) is 0 Å². The highest BCUT2D eigenvalue weighted by Crippen LogP contribution is 2.34. The van der Waals surface area contributed by atoms with Crippen molar-refractivity contribution in [2.45, 2.75) is 57.0 Å². The molecule has 158 valence electrons. The van der Waals surface area contributed by atoms with E-state index in [-0.39, 0.29) is 11.6 Å². The van der Waals surface area contributed by atoms with Crippen LogP contribution in [-0.2, 0) is 0 Å². The van der Waals surface area contributed by atoms with Crippen molar-refractivity contribution in [3.8, 4) is 5.75 Å². The van der Waals surface area contributed by atoms with Crippen LogP contribution in [-0.4, -0.2) is 50.3 Å². The van der Waals surface area contributed by atoms with Crippen molar-refractivity contribution in [2.24, 2.45) is 0 Å². The summed E-state index contributed by atoms with van der Waals surface area (Å²) in [4.78, 5) is 18.6. The molecule has 0 bridgehead atoms. The third kappa shape index (κ3) is 3.49. The summed E-state index contributed by atoms with van der Waals surface area (Å²) in [6.45, 7) is 1.88. The van der Waals surface area contributed by atoms with E-state index in [2.05, 4.69) is 25.4 Å². The lowest BCUT2D eigenvalue weighted by molar-refractivity contribution is 0.243. The van der Waals surface area contributed by atoms with Crippen molar-refractivity contribution in [2.75, 3.05) is 20.2 Å². The SMILES string of the molecule is COc1ccc2[nH]c(=O)c(C(c3nnnn3C3CCCCC3)N3CCCC3)cc2c1. The van der Waals surface area contributed by atoms with Crippen molar-refractivity contribution in [1.29, 1.82) is 0 Å². The monoisotopic (exact) mass is 408 g/mol. The number of likely N-dealkylation sites (tertiary alicyclic amines) is 1. The normalized spacial score (nSPS) is 19.4.